The monoisotopic (exact) mass is 201 g/mol. The van der Waals surface area contributed by atoms with Crippen LogP contribution in [0.5, 0.6) is 0 Å². The van der Waals surface area contributed by atoms with E-state index >= 15 is 0 Å². The Morgan fingerprint density at radius 1 is 1.38 bits per heavy atom. The van der Waals surface area contributed by atoms with Crippen LogP contribution >= 0.6 is 0 Å². The van der Waals surface area contributed by atoms with E-state index < -0.39 is 10.0 Å². The molecule has 0 atom stereocenters. The minimum Gasteiger partial charge on any atom is -0.396 e. The summed E-state index contributed by atoms with van der Waals surface area (Å²) >= 11 is 0. The van der Waals surface area contributed by atoms with Crippen LogP contribution in [0.15, 0.2) is 23.1 Å². The van der Waals surface area contributed by atoms with Gasteiger partial charge in [0.1, 0.15) is 4.90 Å². The van der Waals surface area contributed by atoms with Crippen LogP contribution < -0.4 is 16.2 Å². The molecule has 0 saturated heterocycles. The molecule has 0 heterocycles. The van der Waals surface area contributed by atoms with Crippen LogP contribution in [0.25, 0.3) is 0 Å². The zero-order valence-corrected chi connectivity index (χ0v) is 7.93. The predicted octanol–water partition coefficient (Wildman–Crippen LogP) is -0.0421. The third-order valence-corrected chi connectivity index (χ3v) is 2.61. The Bertz CT molecular complexity index is 414. The lowest BCUT2D eigenvalue weighted by molar-refractivity contribution is 0.598. The maximum Gasteiger partial charge on any atom is 0.240 e. The summed E-state index contributed by atoms with van der Waals surface area (Å²) in [6, 6.07) is 4.61. The number of benzene rings is 1. The van der Waals surface area contributed by atoms with Crippen molar-refractivity contribution in [3.63, 3.8) is 0 Å². The Morgan fingerprint density at radius 2 is 2.00 bits per heavy atom. The first-order valence-electron chi connectivity index (χ1n) is 3.56. The van der Waals surface area contributed by atoms with Gasteiger partial charge in [-0.15, -0.1) is 0 Å². The fraction of sp³-hybridized carbons (Fsp3) is 0.143. The predicted molar refractivity (Wildman–Crippen MR) is 51.8 cm³/mol. The number of rotatable bonds is 2. The Morgan fingerprint density at radius 3 is 2.46 bits per heavy atom. The van der Waals surface area contributed by atoms with Crippen LogP contribution in [0, 0.1) is 0 Å². The quantitative estimate of drug-likeness (QED) is 0.584. The molecule has 0 radical (unpaired) electrons. The van der Waals surface area contributed by atoms with Crippen LogP contribution in [0.4, 0.5) is 11.4 Å². The second-order valence-corrected chi connectivity index (χ2v) is 4.04. The summed E-state index contributed by atoms with van der Waals surface area (Å²) in [5.41, 5.74) is 6.25. The minimum absolute atomic E-state index is 0.0562. The number of hydrogen-bond donors (Lipinski definition) is 3. The number of anilines is 2. The molecule has 0 aliphatic rings. The average molecular weight is 201 g/mol. The molecule has 0 aliphatic heterocycles. The van der Waals surface area contributed by atoms with Gasteiger partial charge in [-0.2, -0.15) is 0 Å². The van der Waals surface area contributed by atoms with Crippen LogP contribution in [-0.4, -0.2) is 15.5 Å². The van der Waals surface area contributed by atoms with E-state index in [0.29, 0.717) is 5.69 Å². The number of sulfonamides is 1. The van der Waals surface area contributed by atoms with Gasteiger partial charge in [-0.05, 0) is 12.1 Å². The number of nitrogens with two attached hydrogens (primary N) is 2. The lowest BCUT2D eigenvalue weighted by Crippen LogP contribution is -2.15. The van der Waals surface area contributed by atoms with Crippen molar-refractivity contribution in [2.24, 2.45) is 5.14 Å². The molecule has 5 nitrogen and oxygen atoms in total. The smallest absolute Gasteiger partial charge is 0.240 e. The first-order valence-corrected chi connectivity index (χ1v) is 5.10. The second-order valence-electron chi connectivity index (χ2n) is 2.51. The third kappa shape index (κ3) is 1.90. The van der Waals surface area contributed by atoms with Crippen molar-refractivity contribution in [3.05, 3.63) is 18.2 Å². The van der Waals surface area contributed by atoms with Crippen molar-refractivity contribution in [1.29, 1.82) is 0 Å². The van der Waals surface area contributed by atoms with E-state index in [4.69, 9.17) is 10.9 Å². The van der Waals surface area contributed by atoms with Crippen LogP contribution in [0.2, 0.25) is 0 Å². The number of nitrogens with one attached hydrogen (secondary N) is 1. The van der Waals surface area contributed by atoms with Crippen LogP contribution in [0.3, 0.4) is 0 Å². The molecule has 0 aliphatic carbocycles. The van der Waals surface area contributed by atoms with Crippen molar-refractivity contribution >= 4 is 21.4 Å². The van der Waals surface area contributed by atoms with E-state index in [-0.39, 0.29) is 10.6 Å². The SMILES string of the molecule is CNc1cccc(S(N)(=O)=O)c1N. The van der Waals surface area contributed by atoms with Gasteiger partial charge < -0.3 is 11.1 Å². The molecule has 0 bridgehead atoms. The number of hydrogen-bond acceptors (Lipinski definition) is 4. The van der Waals surface area contributed by atoms with E-state index in [0.717, 1.165) is 0 Å². The molecule has 0 fully saturated rings. The maximum atomic E-state index is 11.0. The molecule has 5 N–H and O–H groups in total. The summed E-state index contributed by atoms with van der Waals surface area (Å²) in [6.07, 6.45) is 0. The van der Waals surface area contributed by atoms with Crippen LogP contribution in [0.1, 0.15) is 0 Å². The molecule has 0 unspecified atom stereocenters. The van der Waals surface area contributed by atoms with E-state index in [2.05, 4.69) is 5.32 Å². The summed E-state index contributed by atoms with van der Waals surface area (Å²) < 4.78 is 22.0. The summed E-state index contributed by atoms with van der Waals surface area (Å²) in [6.45, 7) is 0. The van der Waals surface area contributed by atoms with Gasteiger partial charge in [0.05, 0.1) is 11.4 Å². The molecule has 1 aromatic carbocycles. The first kappa shape index (κ1) is 9.82. The van der Waals surface area contributed by atoms with Gasteiger partial charge in [0.15, 0.2) is 0 Å². The lowest BCUT2D eigenvalue weighted by atomic mass is 10.3. The number of nitrogen functional groups attached to an aromatic ring is 1. The van der Waals surface area contributed by atoms with E-state index in [9.17, 15) is 8.42 Å². The Kier molecular flexibility index (Phi) is 2.44. The van der Waals surface area contributed by atoms with E-state index in [1.807, 2.05) is 0 Å². The normalized spacial score (nSPS) is 11.2. The van der Waals surface area contributed by atoms with Crippen molar-refractivity contribution in [3.8, 4) is 0 Å². The zero-order valence-electron chi connectivity index (χ0n) is 7.11. The lowest BCUT2D eigenvalue weighted by Gasteiger charge is -2.07. The molecular weight excluding hydrogens is 190 g/mol. The Labute approximate surface area is 76.8 Å². The second kappa shape index (κ2) is 3.23. The van der Waals surface area contributed by atoms with Crippen molar-refractivity contribution in [2.45, 2.75) is 4.90 Å². The summed E-state index contributed by atoms with van der Waals surface area (Å²) in [5.74, 6) is 0. The number of para-hydroxylation sites is 1. The average Bonchev–Trinajstić information content (AvgIpc) is 2.02. The van der Waals surface area contributed by atoms with Gasteiger partial charge in [0.2, 0.25) is 10.0 Å². The molecule has 1 aromatic rings. The van der Waals surface area contributed by atoms with Crippen molar-refractivity contribution in [2.75, 3.05) is 18.1 Å². The highest BCUT2D eigenvalue weighted by Gasteiger charge is 2.13. The number of primary sulfonamides is 1. The molecule has 0 spiro atoms. The molecule has 72 valence electrons. The molecule has 0 amide bonds. The standard InChI is InChI=1S/C7H11N3O2S/c1-10-5-3-2-4-6(7(5)8)13(9,11)12/h2-4,10H,8H2,1H3,(H2,9,11,12). The van der Waals surface area contributed by atoms with Crippen LogP contribution in [-0.2, 0) is 10.0 Å². The van der Waals surface area contributed by atoms with Gasteiger partial charge in [-0.3, -0.25) is 0 Å². The zero-order chi connectivity index (χ0) is 10.1. The Hall–Kier alpha value is -1.27. The third-order valence-electron chi connectivity index (χ3n) is 1.64. The molecule has 1 rings (SSSR count). The first-order chi connectivity index (χ1) is 5.96. The van der Waals surface area contributed by atoms with E-state index in [1.165, 1.54) is 6.07 Å². The summed E-state index contributed by atoms with van der Waals surface area (Å²) in [7, 11) is -2.08. The topological polar surface area (TPSA) is 98.2 Å². The van der Waals surface area contributed by atoms with Gasteiger partial charge in [-0.25, -0.2) is 13.6 Å². The highest BCUT2D eigenvalue weighted by Crippen LogP contribution is 2.24. The molecule has 0 aromatic heterocycles. The highest BCUT2D eigenvalue weighted by atomic mass is 32.2. The molecule has 13 heavy (non-hydrogen) atoms. The van der Waals surface area contributed by atoms with E-state index in [1.54, 1.807) is 19.2 Å². The van der Waals surface area contributed by atoms with Gasteiger partial charge in [0.25, 0.3) is 0 Å². The largest absolute Gasteiger partial charge is 0.396 e. The molecular formula is C7H11N3O2S. The fourth-order valence-electron chi connectivity index (χ4n) is 1.01. The fourth-order valence-corrected chi connectivity index (χ4v) is 1.69. The van der Waals surface area contributed by atoms with Gasteiger partial charge in [-0.1, -0.05) is 6.07 Å². The van der Waals surface area contributed by atoms with Crippen molar-refractivity contribution < 1.29 is 8.42 Å². The maximum absolute atomic E-state index is 11.0. The minimum atomic E-state index is -3.73. The molecule has 6 heteroatoms. The van der Waals surface area contributed by atoms with Crippen molar-refractivity contribution in [1.82, 2.24) is 0 Å². The summed E-state index contributed by atoms with van der Waals surface area (Å²) in [4.78, 5) is -0.0562. The van der Waals surface area contributed by atoms with Gasteiger partial charge in [0, 0.05) is 7.05 Å². The summed E-state index contributed by atoms with van der Waals surface area (Å²) in [5, 5.41) is 7.71. The molecule has 0 saturated carbocycles. The van der Waals surface area contributed by atoms with Gasteiger partial charge >= 0.3 is 0 Å². The highest BCUT2D eigenvalue weighted by molar-refractivity contribution is 7.89. The Balaban J connectivity index is 3.41.